The van der Waals surface area contributed by atoms with E-state index in [1.165, 1.54) is 40.3 Å². The molecule has 0 unspecified atom stereocenters. The summed E-state index contributed by atoms with van der Waals surface area (Å²) in [4.78, 5) is 5.01. The first-order chi connectivity index (χ1) is 13.2. The maximum atomic E-state index is 14.3. The van der Waals surface area contributed by atoms with Gasteiger partial charge in [-0.3, -0.25) is 0 Å². The molecule has 0 radical (unpaired) electrons. The molecule has 0 aliphatic rings. The Bertz CT molecular complexity index is 1060. The lowest BCUT2D eigenvalue weighted by Crippen LogP contribution is -1.87. The zero-order valence-electron chi connectivity index (χ0n) is 15.4. The van der Waals surface area contributed by atoms with Crippen LogP contribution in [0.4, 0.5) is 4.39 Å². The second kappa shape index (κ2) is 8.17. The molecule has 3 aromatic heterocycles. The van der Waals surface area contributed by atoms with E-state index in [-0.39, 0.29) is 5.82 Å². The van der Waals surface area contributed by atoms with Gasteiger partial charge in [0.2, 0.25) is 0 Å². The lowest BCUT2D eigenvalue weighted by Gasteiger charge is -2.02. The number of aryl methyl sites for hydroxylation is 2. The van der Waals surface area contributed by atoms with Gasteiger partial charge in [0.1, 0.15) is 16.9 Å². The Balaban J connectivity index is 1.59. The van der Waals surface area contributed by atoms with E-state index in [0.717, 1.165) is 34.1 Å². The fourth-order valence-corrected chi connectivity index (χ4v) is 5.98. The number of unbranched alkanes of at least 4 members (excludes halogenated alkanes) is 3. The maximum Gasteiger partial charge on any atom is 0.129 e. The molecule has 0 spiro atoms. The van der Waals surface area contributed by atoms with E-state index in [1.54, 1.807) is 24.3 Å². The molecule has 4 rings (SSSR count). The number of rotatable bonds is 7. The van der Waals surface area contributed by atoms with Crippen molar-refractivity contribution in [3.63, 3.8) is 0 Å². The van der Waals surface area contributed by atoms with Crippen LogP contribution in [0.5, 0.6) is 0 Å². The zero-order valence-corrected chi connectivity index (χ0v) is 17.9. The van der Waals surface area contributed by atoms with Crippen molar-refractivity contribution in [2.75, 3.05) is 0 Å². The van der Waals surface area contributed by atoms with Crippen LogP contribution in [0, 0.1) is 12.7 Å². The molecule has 0 bridgehead atoms. The summed E-state index contributed by atoms with van der Waals surface area (Å²) in [5.74, 6) is -0.217. The fourth-order valence-electron chi connectivity index (χ4n) is 3.20. The van der Waals surface area contributed by atoms with E-state index in [9.17, 15) is 4.39 Å². The highest BCUT2D eigenvalue weighted by molar-refractivity contribution is 7.24. The minimum Gasteiger partial charge on any atom is -0.207 e. The highest BCUT2D eigenvalue weighted by atomic mass is 32.1. The predicted octanol–water partition coefficient (Wildman–Crippen LogP) is 7.72. The minimum atomic E-state index is -0.217. The molecule has 0 amide bonds. The van der Waals surface area contributed by atoms with Crippen LogP contribution in [-0.4, -0.2) is 8.75 Å². The topological polar surface area (TPSA) is 25.8 Å². The highest BCUT2D eigenvalue weighted by Crippen LogP contribution is 2.40. The summed E-state index contributed by atoms with van der Waals surface area (Å²) in [5, 5.41) is 0. The van der Waals surface area contributed by atoms with Crippen LogP contribution in [0.2, 0.25) is 0 Å². The lowest BCUT2D eigenvalue weighted by molar-refractivity contribution is 0.621. The van der Waals surface area contributed by atoms with Gasteiger partial charge in [-0.15, -0.1) is 22.7 Å². The van der Waals surface area contributed by atoms with Crippen molar-refractivity contribution in [1.29, 1.82) is 0 Å². The van der Waals surface area contributed by atoms with Gasteiger partial charge in [-0.2, -0.15) is 8.75 Å². The molecule has 1 aromatic carbocycles. The number of hydrogen-bond donors (Lipinski definition) is 0. The maximum absolute atomic E-state index is 14.3. The quantitative estimate of drug-likeness (QED) is 0.288. The van der Waals surface area contributed by atoms with Crippen LogP contribution in [-0.2, 0) is 6.42 Å². The summed E-state index contributed by atoms with van der Waals surface area (Å²) >= 11 is 4.71. The molecular weight excluding hydrogens is 395 g/mol. The monoisotopic (exact) mass is 416 g/mol. The summed E-state index contributed by atoms with van der Waals surface area (Å²) in [6, 6.07) is 10.3. The summed E-state index contributed by atoms with van der Waals surface area (Å²) < 4.78 is 23.0. The lowest BCUT2D eigenvalue weighted by atomic mass is 10.1. The van der Waals surface area contributed by atoms with Gasteiger partial charge in [-0.1, -0.05) is 26.2 Å². The van der Waals surface area contributed by atoms with Gasteiger partial charge in [0.05, 0.1) is 11.7 Å². The van der Waals surface area contributed by atoms with Crippen molar-refractivity contribution >= 4 is 45.4 Å². The van der Waals surface area contributed by atoms with Gasteiger partial charge >= 0.3 is 0 Å². The molecule has 6 heteroatoms. The van der Waals surface area contributed by atoms with Crippen molar-refractivity contribution in [2.45, 2.75) is 46.0 Å². The minimum absolute atomic E-state index is 0.217. The van der Waals surface area contributed by atoms with Crippen molar-refractivity contribution in [3.05, 3.63) is 46.6 Å². The largest absolute Gasteiger partial charge is 0.207 e. The molecule has 0 N–H and O–H groups in total. The number of fused-ring (bicyclic) bond motifs is 1. The Labute approximate surface area is 171 Å². The Morgan fingerprint density at radius 1 is 0.889 bits per heavy atom. The van der Waals surface area contributed by atoms with E-state index in [1.807, 2.05) is 11.3 Å². The first-order valence-corrected chi connectivity index (χ1v) is 11.6. The van der Waals surface area contributed by atoms with E-state index >= 15 is 0 Å². The van der Waals surface area contributed by atoms with Crippen molar-refractivity contribution in [2.24, 2.45) is 0 Å². The van der Waals surface area contributed by atoms with Gasteiger partial charge in [0.25, 0.3) is 0 Å². The van der Waals surface area contributed by atoms with Gasteiger partial charge in [-0.25, -0.2) is 4.39 Å². The Hall–Kier alpha value is -1.63. The van der Waals surface area contributed by atoms with Gasteiger partial charge in [0, 0.05) is 30.6 Å². The van der Waals surface area contributed by atoms with Crippen LogP contribution in [0.1, 0.15) is 43.0 Å². The van der Waals surface area contributed by atoms with E-state index in [4.69, 9.17) is 0 Å². The number of nitrogens with zero attached hydrogens (tertiary/aromatic N) is 2. The number of benzene rings is 1. The average molecular weight is 417 g/mol. The van der Waals surface area contributed by atoms with E-state index in [2.05, 4.69) is 39.9 Å². The van der Waals surface area contributed by atoms with Gasteiger partial charge < -0.3 is 0 Å². The van der Waals surface area contributed by atoms with Crippen LogP contribution < -0.4 is 0 Å². The van der Waals surface area contributed by atoms with E-state index in [0.29, 0.717) is 11.1 Å². The number of hydrogen-bond acceptors (Lipinski definition) is 5. The SMILES string of the molecule is CCCCCCc1ccc(-c2ccc(-c3cc(F)c(C)c4nsnc34)s2)s1. The van der Waals surface area contributed by atoms with Crippen molar-refractivity contribution in [3.8, 4) is 20.2 Å². The number of halogens is 1. The van der Waals surface area contributed by atoms with Crippen LogP contribution in [0.15, 0.2) is 30.3 Å². The summed E-state index contributed by atoms with van der Waals surface area (Å²) in [6.07, 6.45) is 6.33. The van der Waals surface area contributed by atoms with Crippen molar-refractivity contribution in [1.82, 2.24) is 8.75 Å². The van der Waals surface area contributed by atoms with Crippen LogP contribution in [0.3, 0.4) is 0 Å². The second-order valence-electron chi connectivity index (χ2n) is 6.73. The fraction of sp³-hybridized carbons (Fsp3) is 0.333. The first kappa shape index (κ1) is 18.7. The molecule has 0 saturated carbocycles. The molecule has 0 fully saturated rings. The average Bonchev–Trinajstić information content (AvgIpc) is 3.41. The molecule has 140 valence electrons. The third-order valence-electron chi connectivity index (χ3n) is 4.78. The smallest absolute Gasteiger partial charge is 0.129 e. The molecule has 27 heavy (non-hydrogen) atoms. The molecule has 0 aliphatic heterocycles. The third-order valence-corrected chi connectivity index (χ3v) is 7.77. The number of thiophene rings is 2. The first-order valence-electron chi connectivity index (χ1n) is 9.28. The summed E-state index contributed by atoms with van der Waals surface area (Å²) in [5.41, 5.74) is 2.89. The Kier molecular flexibility index (Phi) is 5.66. The van der Waals surface area contributed by atoms with Crippen molar-refractivity contribution < 1.29 is 4.39 Å². The predicted molar refractivity (Wildman–Crippen MR) is 117 cm³/mol. The summed E-state index contributed by atoms with van der Waals surface area (Å²) in [6.45, 7) is 4.00. The molecule has 4 aromatic rings. The molecule has 2 nitrogen and oxygen atoms in total. The number of aromatic nitrogens is 2. The van der Waals surface area contributed by atoms with Crippen LogP contribution >= 0.6 is 34.4 Å². The third kappa shape index (κ3) is 3.84. The molecule has 3 heterocycles. The normalized spacial score (nSPS) is 11.5. The molecular formula is C21H21FN2S3. The molecule has 0 aliphatic carbocycles. The van der Waals surface area contributed by atoms with Gasteiger partial charge in [-0.05, 0) is 50.1 Å². The standard InChI is InChI=1S/C21H21FN2S3/c1-3-4-5-6-7-14-8-9-18(25-14)19-11-10-17(26-19)15-12-16(22)13(2)20-21(15)24-27-23-20/h8-12H,3-7H2,1-2H3. The molecule has 0 atom stereocenters. The Morgan fingerprint density at radius 3 is 2.48 bits per heavy atom. The van der Waals surface area contributed by atoms with Gasteiger partial charge in [0.15, 0.2) is 0 Å². The van der Waals surface area contributed by atoms with Crippen LogP contribution in [0.25, 0.3) is 31.2 Å². The zero-order chi connectivity index (χ0) is 18.8. The van der Waals surface area contributed by atoms with E-state index < -0.39 is 0 Å². The molecule has 0 saturated heterocycles. The highest BCUT2D eigenvalue weighted by Gasteiger charge is 2.16. The Morgan fingerprint density at radius 2 is 1.63 bits per heavy atom. The summed E-state index contributed by atoms with van der Waals surface area (Å²) in [7, 11) is 0. The second-order valence-corrected chi connectivity index (χ2v) is 9.51.